The van der Waals surface area contributed by atoms with Gasteiger partial charge in [-0.25, -0.2) is 4.98 Å². The van der Waals surface area contributed by atoms with Gasteiger partial charge in [-0.05, 0) is 30.2 Å². The number of rotatable bonds is 8. The average molecular weight is 406 g/mol. The van der Waals surface area contributed by atoms with Gasteiger partial charge in [-0.1, -0.05) is 6.07 Å². The number of nitrogens with zero attached hydrogens (tertiary/aromatic N) is 2. The number of aromatic nitrogens is 2. The van der Waals surface area contributed by atoms with Gasteiger partial charge in [0.25, 0.3) is 11.2 Å². The molecule has 11 heteroatoms. The number of fused-ring (bicyclic) bond motifs is 1. The van der Waals surface area contributed by atoms with Crippen LogP contribution in [0.15, 0.2) is 41.5 Å². The quantitative estimate of drug-likeness (QED) is 0.436. The summed E-state index contributed by atoms with van der Waals surface area (Å²) in [5.74, 6) is 0.0728. The van der Waals surface area contributed by atoms with E-state index in [2.05, 4.69) is 20.0 Å². The summed E-state index contributed by atoms with van der Waals surface area (Å²) in [7, 11) is 1.34. The van der Waals surface area contributed by atoms with Crippen LogP contribution < -0.4 is 20.3 Å². The Balaban J connectivity index is 1.78. The number of ether oxygens (including phenoxy) is 2. The van der Waals surface area contributed by atoms with Gasteiger partial charge < -0.3 is 19.8 Å². The van der Waals surface area contributed by atoms with Gasteiger partial charge >= 0.3 is 6.61 Å². The number of halogens is 2. The minimum Gasteiger partial charge on any atom is -0.493 e. The Labute approximate surface area is 162 Å². The number of anilines is 1. The molecule has 0 radical (unpaired) electrons. The van der Waals surface area contributed by atoms with Crippen LogP contribution in [0.5, 0.6) is 11.5 Å². The second kappa shape index (κ2) is 8.50. The molecule has 2 N–H and O–H groups in total. The number of benzene rings is 2. The number of alkyl halides is 2. The van der Waals surface area contributed by atoms with E-state index in [0.29, 0.717) is 18.5 Å². The highest BCUT2D eigenvalue weighted by Crippen LogP contribution is 2.30. The third-order valence-corrected chi connectivity index (χ3v) is 4.13. The Morgan fingerprint density at radius 2 is 2.07 bits per heavy atom. The summed E-state index contributed by atoms with van der Waals surface area (Å²) >= 11 is 0. The molecule has 0 fully saturated rings. The number of methoxy groups -OCH3 is 1. The summed E-state index contributed by atoms with van der Waals surface area (Å²) in [4.78, 5) is 29.0. The van der Waals surface area contributed by atoms with Crippen LogP contribution in [0.2, 0.25) is 0 Å². The van der Waals surface area contributed by atoms with Crippen molar-refractivity contribution >= 4 is 22.3 Å². The first-order chi connectivity index (χ1) is 13.9. The molecule has 3 rings (SSSR count). The first-order valence-electron chi connectivity index (χ1n) is 8.40. The van der Waals surface area contributed by atoms with E-state index in [1.54, 1.807) is 12.1 Å². The molecule has 0 aliphatic rings. The van der Waals surface area contributed by atoms with Gasteiger partial charge in [-0.3, -0.25) is 14.9 Å². The van der Waals surface area contributed by atoms with E-state index in [4.69, 9.17) is 4.74 Å². The summed E-state index contributed by atoms with van der Waals surface area (Å²) in [6.07, 6.45) is 1.64. The molecule has 1 aromatic heterocycles. The maximum absolute atomic E-state index is 12.4. The van der Waals surface area contributed by atoms with Crippen molar-refractivity contribution in [2.24, 2.45) is 0 Å². The van der Waals surface area contributed by atoms with Gasteiger partial charge in [0.15, 0.2) is 11.5 Å². The molecule has 29 heavy (non-hydrogen) atoms. The van der Waals surface area contributed by atoms with Crippen LogP contribution in [0.4, 0.5) is 20.2 Å². The normalized spacial score (nSPS) is 10.9. The largest absolute Gasteiger partial charge is 0.493 e. The number of aromatic amines is 1. The Morgan fingerprint density at radius 3 is 2.76 bits per heavy atom. The van der Waals surface area contributed by atoms with E-state index in [1.165, 1.54) is 31.6 Å². The van der Waals surface area contributed by atoms with E-state index in [1.807, 2.05) is 0 Å². The number of H-pyrrole nitrogens is 1. The fourth-order valence-corrected chi connectivity index (χ4v) is 2.80. The molecule has 1 heterocycles. The molecule has 0 aliphatic carbocycles. The third kappa shape index (κ3) is 4.57. The summed E-state index contributed by atoms with van der Waals surface area (Å²) in [6, 6.07) is 7.12. The molecule has 0 amide bonds. The third-order valence-electron chi connectivity index (χ3n) is 4.13. The highest BCUT2D eigenvalue weighted by molar-refractivity contribution is 5.86. The molecule has 0 saturated heterocycles. The van der Waals surface area contributed by atoms with Crippen LogP contribution >= 0.6 is 0 Å². The molecular weight excluding hydrogens is 390 g/mol. The van der Waals surface area contributed by atoms with Crippen LogP contribution in [0.3, 0.4) is 0 Å². The van der Waals surface area contributed by atoms with E-state index >= 15 is 0 Å². The minimum absolute atomic E-state index is 0.0827. The fraction of sp³-hybridized carbons (Fsp3) is 0.222. The van der Waals surface area contributed by atoms with Crippen molar-refractivity contribution in [2.45, 2.75) is 13.0 Å². The maximum Gasteiger partial charge on any atom is 0.387 e. The summed E-state index contributed by atoms with van der Waals surface area (Å²) in [5.41, 5.74) is 0.549. The summed E-state index contributed by atoms with van der Waals surface area (Å²) < 4.78 is 34.2. The van der Waals surface area contributed by atoms with Crippen LogP contribution in [-0.4, -0.2) is 35.2 Å². The number of hydrogen-bond donors (Lipinski definition) is 2. The number of nitrogens with one attached hydrogen (secondary N) is 2. The SMILES string of the molecule is COc1cc(CCNc2cc3nc[nH]c(=O)c3cc2[N+](=O)[O-])ccc1OC(F)F. The fourth-order valence-electron chi connectivity index (χ4n) is 2.80. The summed E-state index contributed by atoms with van der Waals surface area (Å²) in [5, 5.41) is 14.4. The van der Waals surface area contributed by atoms with Gasteiger partial charge in [0.2, 0.25) is 0 Å². The predicted octanol–water partition coefficient (Wildman–Crippen LogP) is 3.10. The molecule has 152 valence electrons. The lowest BCUT2D eigenvalue weighted by Crippen LogP contribution is -2.10. The molecule has 9 nitrogen and oxygen atoms in total. The number of hydrogen-bond acceptors (Lipinski definition) is 7. The zero-order valence-electron chi connectivity index (χ0n) is 15.1. The molecule has 2 aromatic carbocycles. The molecule has 0 saturated carbocycles. The van der Waals surface area contributed by atoms with Crippen LogP contribution in [0.25, 0.3) is 10.9 Å². The smallest absolute Gasteiger partial charge is 0.387 e. The van der Waals surface area contributed by atoms with Crippen molar-refractivity contribution in [1.29, 1.82) is 0 Å². The van der Waals surface area contributed by atoms with Gasteiger partial charge in [0.1, 0.15) is 5.69 Å². The molecule has 3 aromatic rings. The molecule has 0 spiro atoms. The average Bonchev–Trinajstić information content (AvgIpc) is 2.68. The van der Waals surface area contributed by atoms with Crippen molar-refractivity contribution in [3.63, 3.8) is 0 Å². The maximum atomic E-state index is 12.4. The van der Waals surface area contributed by atoms with Crippen molar-refractivity contribution in [3.8, 4) is 11.5 Å². The number of nitro groups is 1. The highest BCUT2D eigenvalue weighted by Gasteiger charge is 2.17. The topological polar surface area (TPSA) is 119 Å². The molecule has 0 atom stereocenters. The van der Waals surface area contributed by atoms with Crippen LogP contribution in [0.1, 0.15) is 5.56 Å². The van der Waals surface area contributed by atoms with Crippen molar-refractivity contribution in [1.82, 2.24) is 9.97 Å². The Kier molecular flexibility index (Phi) is 5.86. The lowest BCUT2D eigenvalue weighted by atomic mass is 10.1. The van der Waals surface area contributed by atoms with E-state index in [9.17, 15) is 23.7 Å². The van der Waals surface area contributed by atoms with Gasteiger partial charge in [0.05, 0.1) is 29.3 Å². The lowest BCUT2D eigenvalue weighted by molar-refractivity contribution is -0.383. The Morgan fingerprint density at radius 1 is 1.28 bits per heavy atom. The summed E-state index contributed by atoms with van der Waals surface area (Å²) in [6.45, 7) is -2.67. The zero-order valence-corrected chi connectivity index (χ0v) is 15.1. The van der Waals surface area contributed by atoms with E-state index in [0.717, 1.165) is 5.56 Å². The molecule has 0 unspecified atom stereocenters. The number of nitro benzene ring substituents is 1. The first-order valence-corrected chi connectivity index (χ1v) is 8.40. The Bertz CT molecular complexity index is 1100. The van der Waals surface area contributed by atoms with E-state index in [-0.39, 0.29) is 28.3 Å². The van der Waals surface area contributed by atoms with Crippen LogP contribution in [0, 0.1) is 10.1 Å². The predicted molar refractivity (Wildman–Crippen MR) is 101 cm³/mol. The minimum atomic E-state index is -2.97. The molecule has 0 aliphatic heterocycles. The Hall–Kier alpha value is -3.76. The second-order valence-electron chi connectivity index (χ2n) is 5.92. The second-order valence-corrected chi connectivity index (χ2v) is 5.92. The highest BCUT2D eigenvalue weighted by atomic mass is 19.3. The molecular formula is C18H16F2N4O5. The van der Waals surface area contributed by atoms with Gasteiger partial charge in [-0.15, -0.1) is 0 Å². The standard InChI is InChI=1S/C18H16F2N4O5/c1-28-16-6-10(2-3-15(16)29-18(19)20)4-5-21-13-8-12-11(7-14(13)24(26)27)17(25)23-9-22-12/h2-3,6-9,18,21H,4-5H2,1H3,(H,22,23,25). The zero-order chi connectivity index (χ0) is 21.0. The lowest BCUT2D eigenvalue weighted by Gasteiger charge is -2.12. The van der Waals surface area contributed by atoms with Gasteiger partial charge in [-0.2, -0.15) is 8.78 Å². The van der Waals surface area contributed by atoms with Crippen LogP contribution in [-0.2, 0) is 6.42 Å². The first kappa shape index (κ1) is 20.0. The van der Waals surface area contributed by atoms with E-state index < -0.39 is 17.1 Å². The monoisotopic (exact) mass is 406 g/mol. The van der Waals surface area contributed by atoms with Crippen molar-refractivity contribution < 1.29 is 23.2 Å². The van der Waals surface area contributed by atoms with Crippen molar-refractivity contribution in [3.05, 3.63) is 62.7 Å². The van der Waals surface area contributed by atoms with Crippen molar-refractivity contribution in [2.75, 3.05) is 19.0 Å². The van der Waals surface area contributed by atoms with Gasteiger partial charge in [0, 0.05) is 12.6 Å². The molecule has 0 bridgehead atoms.